The quantitative estimate of drug-likeness (QED) is 0.901. The molecule has 0 bridgehead atoms. The molecule has 19 heavy (non-hydrogen) atoms. The van der Waals surface area contributed by atoms with Crippen molar-refractivity contribution in [2.75, 3.05) is 6.54 Å². The van der Waals surface area contributed by atoms with Crippen molar-refractivity contribution in [3.63, 3.8) is 0 Å². The van der Waals surface area contributed by atoms with Crippen LogP contribution in [-0.2, 0) is 6.42 Å². The number of halogens is 2. The Labute approximate surface area is 117 Å². The summed E-state index contributed by atoms with van der Waals surface area (Å²) < 4.78 is 13.1. The van der Waals surface area contributed by atoms with E-state index in [1.54, 1.807) is 18.3 Å². The molecule has 2 aromatic rings. The number of nitrogens with one attached hydrogen (secondary N) is 1. The lowest BCUT2D eigenvalue weighted by molar-refractivity contribution is 0.547. The lowest BCUT2D eigenvalue weighted by Gasteiger charge is -2.18. The molecule has 0 aliphatic carbocycles. The maximum atomic E-state index is 13.1. The van der Waals surface area contributed by atoms with E-state index < -0.39 is 0 Å². The number of benzene rings is 1. The zero-order valence-electron chi connectivity index (χ0n) is 10.7. The number of pyridine rings is 1. The highest BCUT2D eigenvalue weighted by Crippen LogP contribution is 2.21. The van der Waals surface area contributed by atoms with Gasteiger partial charge in [0, 0.05) is 18.4 Å². The van der Waals surface area contributed by atoms with Gasteiger partial charge in [0.15, 0.2) is 0 Å². The highest BCUT2D eigenvalue weighted by Gasteiger charge is 2.12. The smallest absolute Gasteiger partial charge is 0.141 e. The number of rotatable bonds is 5. The molecule has 0 spiro atoms. The third kappa shape index (κ3) is 3.75. The summed E-state index contributed by atoms with van der Waals surface area (Å²) in [6, 6.07) is 8.95. The second-order valence-electron chi connectivity index (χ2n) is 4.35. The summed E-state index contributed by atoms with van der Waals surface area (Å²) in [5.74, 6) is -0.383. The van der Waals surface area contributed by atoms with Crippen LogP contribution in [0.15, 0.2) is 42.7 Å². The van der Waals surface area contributed by atoms with Gasteiger partial charge in [-0.1, -0.05) is 30.7 Å². The first-order valence-electron chi connectivity index (χ1n) is 6.28. The Hall–Kier alpha value is -1.45. The summed E-state index contributed by atoms with van der Waals surface area (Å²) in [6.07, 6.45) is 4.35. The molecular formula is C15H16ClFN2. The Bertz CT molecular complexity index is 531. The average molecular weight is 279 g/mol. The molecule has 4 heteroatoms. The highest BCUT2D eigenvalue weighted by molar-refractivity contribution is 6.30. The molecule has 2 nitrogen and oxygen atoms in total. The van der Waals surface area contributed by atoms with Gasteiger partial charge in [-0.15, -0.1) is 0 Å². The van der Waals surface area contributed by atoms with E-state index in [9.17, 15) is 4.39 Å². The summed E-state index contributed by atoms with van der Waals surface area (Å²) in [5, 5.41) is 3.57. The second kappa shape index (κ2) is 6.64. The van der Waals surface area contributed by atoms with Crippen LogP contribution >= 0.6 is 11.6 Å². The number of nitrogens with zero attached hydrogens (tertiary/aromatic N) is 1. The van der Waals surface area contributed by atoms with Gasteiger partial charge in [0.25, 0.3) is 0 Å². The molecule has 0 fully saturated rings. The Morgan fingerprint density at radius 1 is 1.37 bits per heavy atom. The van der Waals surface area contributed by atoms with Gasteiger partial charge >= 0.3 is 0 Å². The maximum Gasteiger partial charge on any atom is 0.141 e. The largest absolute Gasteiger partial charge is 0.310 e. The van der Waals surface area contributed by atoms with E-state index in [0.717, 1.165) is 24.1 Å². The van der Waals surface area contributed by atoms with Crippen molar-refractivity contribution in [2.45, 2.75) is 19.4 Å². The molecule has 0 radical (unpaired) electrons. The van der Waals surface area contributed by atoms with Gasteiger partial charge in [-0.25, -0.2) is 4.39 Å². The SMILES string of the molecule is CCNC(Cc1ccc(F)c(Cl)c1)c1cccnc1. The minimum atomic E-state index is -0.383. The molecule has 1 aromatic heterocycles. The molecule has 0 saturated heterocycles. The molecule has 0 aliphatic heterocycles. The average Bonchev–Trinajstić information content (AvgIpc) is 2.43. The van der Waals surface area contributed by atoms with Gasteiger partial charge in [0.1, 0.15) is 5.82 Å². The van der Waals surface area contributed by atoms with Crippen molar-refractivity contribution in [3.8, 4) is 0 Å². The number of likely N-dealkylation sites (N-methyl/N-ethyl adjacent to an activating group) is 1. The molecule has 1 N–H and O–H groups in total. The van der Waals surface area contributed by atoms with Crippen molar-refractivity contribution >= 4 is 11.6 Å². The number of hydrogen-bond donors (Lipinski definition) is 1. The van der Waals surface area contributed by atoms with Crippen molar-refractivity contribution in [1.82, 2.24) is 10.3 Å². The lowest BCUT2D eigenvalue weighted by Crippen LogP contribution is -2.23. The molecule has 0 saturated carbocycles. The van der Waals surface area contributed by atoms with E-state index in [0.29, 0.717) is 0 Å². The van der Waals surface area contributed by atoms with Crippen molar-refractivity contribution in [3.05, 3.63) is 64.7 Å². The first kappa shape index (κ1) is 14.0. The molecule has 0 amide bonds. The van der Waals surface area contributed by atoms with Gasteiger partial charge in [-0.3, -0.25) is 4.98 Å². The fraction of sp³-hybridized carbons (Fsp3) is 0.267. The van der Waals surface area contributed by atoms with Crippen LogP contribution in [0.1, 0.15) is 24.1 Å². The monoisotopic (exact) mass is 278 g/mol. The van der Waals surface area contributed by atoms with Crippen molar-refractivity contribution < 1.29 is 4.39 Å². The first-order valence-corrected chi connectivity index (χ1v) is 6.65. The van der Waals surface area contributed by atoms with Crippen LogP contribution in [0.25, 0.3) is 0 Å². The third-order valence-corrected chi connectivity index (χ3v) is 3.25. The zero-order chi connectivity index (χ0) is 13.7. The molecule has 1 unspecified atom stereocenters. The van der Waals surface area contributed by atoms with Crippen molar-refractivity contribution in [2.24, 2.45) is 0 Å². The summed E-state index contributed by atoms with van der Waals surface area (Å²) in [5.41, 5.74) is 2.12. The number of hydrogen-bond acceptors (Lipinski definition) is 2. The van der Waals surface area contributed by atoms with E-state index >= 15 is 0 Å². The van der Waals surface area contributed by atoms with Crippen LogP contribution in [0.3, 0.4) is 0 Å². The van der Waals surface area contributed by atoms with Crippen LogP contribution in [0, 0.1) is 5.82 Å². The minimum Gasteiger partial charge on any atom is -0.310 e. The van der Waals surface area contributed by atoms with Crippen LogP contribution in [-0.4, -0.2) is 11.5 Å². The van der Waals surface area contributed by atoms with E-state index in [1.165, 1.54) is 6.07 Å². The highest BCUT2D eigenvalue weighted by atomic mass is 35.5. The Kier molecular flexibility index (Phi) is 4.88. The topological polar surface area (TPSA) is 24.9 Å². The van der Waals surface area contributed by atoms with Gasteiger partial charge < -0.3 is 5.32 Å². The lowest BCUT2D eigenvalue weighted by atomic mass is 10.00. The summed E-state index contributed by atoms with van der Waals surface area (Å²) in [6.45, 7) is 2.91. The van der Waals surface area contributed by atoms with Crippen LogP contribution in [0.2, 0.25) is 5.02 Å². The minimum absolute atomic E-state index is 0.153. The molecule has 1 atom stereocenters. The second-order valence-corrected chi connectivity index (χ2v) is 4.76. The molecule has 2 rings (SSSR count). The maximum absolute atomic E-state index is 13.1. The summed E-state index contributed by atoms with van der Waals surface area (Å²) >= 11 is 5.81. The van der Waals surface area contributed by atoms with Gasteiger partial charge in [-0.05, 0) is 42.3 Å². The fourth-order valence-electron chi connectivity index (χ4n) is 2.04. The fourth-order valence-corrected chi connectivity index (χ4v) is 2.24. The van der Waals surface area contributed by atoms with E-state index in [-0.39, 0.29) is 16.9 Å². The van der Waals surface area contributed by atoms with E-state index in [4.69, 9.17) is 11.6 Å². The summed E-state index contributed by atoms with van der Waals surface area (Å²) in [4.78, 5) is 4.14. The zero-order valence-corrected chi connectivity index (χ0v) is 11.5. The Balaban J connectivity index is 2.19. The van der Waals surface area contributed by atoms with Crippen LogP contribution in [0.5, 0.6) is 0 Å². The van der Waals surface area contributed by atoms with E-state index in [1.807, 2.05) is 18.3 Å². The summed E-state index contributed by atoms with van der Waals surface area (Å²) in [7, 11) is 0. The standard InChI is InChI=1S/C15H16ClFN2/c1-2-19-15(12-4-3-7-18-10-12)9-11-5-6-14(17)13(16)8-11/h3-8,10,15,19H,2,9H2,1H3. The Morgan fingerprint density at radius 3 is 2.84 bits per heavy atom. The van der Waals surface area contributed by atoms with Gasteiger partial charge in [0.2, 0.25) is 0 Å². The van der Waals surface area contributed by atoms with Crippen LogP contribution in [0.4, 0.5) is 4.39 Å². The van der Waals surface area contributed by atoms with Gasteiger partial charge in [0.05, 0.1) is 5.02 Å². The van der Waals surface area contributed by atoms with Gasteiger partial charge in [-0.2, -0.15) is 0 Å². The van der Waals surface area contributed by atoms with Crippen LogP contribution < -0.4 is 5.32 Å². The molecule has 0 aliphatic rings. The normalized spacial score (nSPS) is 12.4. The number of aromatic nitrogens is 1. The predicted octanol–water partition coefficient (Wildman–Crippen LogP) is 3.77. The first-order chi connectivity index (χ1) is 9.20. The molecule has 100 valence electrons. The van der Waals surface area contributed by atoms with E-state index in [2.05, 4.69) is 17.2 Å². The Morgan fingerprint density at radius 2 is 2.21 bits per heavy atom. The molecule has 1 aromatic carbocycles. The molecular weight excluding hydrogens is 263 g/mol. The predicted molar refractivity (Wildman–Crippen MR) is 75.8 cm³/mol. The third-order valence-electron chi connectivity index (χ3n) is 2.96. The van der Waals surface area contributed by atoms with Crippen molar-refractivity contribution in [1.29, 1.82) is 0 Å². The molecule has 1 heterocycles.